The Kier molecular flexibility index (Phi) is 5.54. The molecular weight excluding hydrogens is 332 g/mol. The van der Waals surface area contributed by atoms with Crippen LogP contribution < -0.4 is 5.56 Å². The first-order valence-corrected chi connectivity index (χ1v) is 9.56. The lowest BCUT2D eigenvalue weighted by molar-refractivity contribution is -0.133. The van der Waals surface area contributed by atoms with Gasteiger partial charge in [0.2, 0.25) is 0 Å². The third-order valence-electron chi connectivity index (χ3n) is 2.74. The zero-order chi connectivity index (χ0) is 15.4. The van der Waals surface area contributed by atoms with Crippen LogP contribution in [0.15, 0.2) is 21.4 Å². The summed E-state index contributed by atoms with van der Waals surface area (Å²) in [5.74, 6) is -0.251. The van der Waals surface area contributed by atoms with Gasteiger partial charge in [-0.2, -0.15) is 0 Å². The maximum Gasteiger partial charge on any atom is 0.313 e. The molecule has 9 heteroatoms. The van der Waals surface area contributed by atoms with E-state index < -0.39 is 16.8 Å². The fraction of sp³-hybridized carbons (Fsp3) is 0.417. The van der Waals surface area contributed by atoms with Gasteiger partial charge in [0, 0.05) is 28.9 Å². The van der Waals surface area contributed by atoms with Crippen molar-refractivity contribution in [1.29, 1.82) is 0 Å². The SMILES string of the molecule is CCS(=O)CCn1c(SCC(=O)O)nc2sccc2c1=O. The molecule has 0 aliphatic heterocycles. The number of carbonyl (C=O) groups is 1. The van der Waals surface area contributed by atoms with Crippen molar-refractivity contribution in [1.82, 2.24) is 9.55 Å². The van der Waals surface area contributed by atoms with Gasteiger partial charge < -0.3 is 5.11 Å². The van der Waals surface area contributed by atoms with Crippen molar-refractivity contribution in [2.24, 2.45) is 0 Å². The average Bonchev–Trinajstić information content (AvgIpc) is 2.92. The minimum Gasteiger partial charge on any atom is -0.481 e. The molecule has 0 aliphatic rings. The molecule has 1 atom stereocenters. The molecule has 0 radical (unpaired) electrons. The topological polar surface area (TPSA) is 89.3 Å². The van der Waals surface area contributed by atoms with Crippen LogP contribution in [0.2, 0.25) is 0 Å². The summed E-state index contributed by atoms with van der Waals surface area (Å²) in [5.41, 5.74) is -0.206. The summed E-state index contributed by atoms with van der Waals surface area (Å²) in [7, 11) is -0.991. The van der Waals surface area contributed by atoms with E-state index in [9.17, 15) is 13.8 Å². The first-order chi connectivity index (χ1) is 10.0. The van der Waals surface area contributed by atoms with E-state index in [1.54, 1.807) is 11.4 Å². The molecule has 2 rings (SSSR count). The van der Waals surface area contributed by atoms with E-state index in [0.29, 0.717) is 26.9 Å². The number of aromatic nitrogens is 2. The van der Waals surface area contributed by atoms with Gasteiger partial charge in [-0.15, -0.1) is 11.3 Å². The van der Waals surface area contributed by atoms with Gasteiger partial charge in [0.15, 0.2) is 5.16 Å². The van der Waals surface area contributed by atoms with Gasteiger partial charge in [-0.05, 0) is 11.4 Å². The fourth-order valence-electron chi connectivity index (χ4n) is 1.70. The Morgan fingerprint density at radius 2 is 2.33 bits per heavy atom. The van der Waals surface area contributed by atoms with E-state index in [1.807, 2.05) is 6.92 Å². The zero-order valence-corrected chi connectivity index (χ0v) is 13.7. The molecule has 0 amide bonds. The molecule has 0 bridgehead atoms. The molecule has 1 unspecified atom stereocenters. The Morgan fingerprint density at radius 1 is 1.57 bits per heavy atom. The van der Waals surface area contributed by atoms with Gasteiger partial charge in [0.1, 0.15) is 4.83 Å². The van der Waals surface area contributed by atoms with Crippen LogP contribution in [0.4, 0.5) is 0 Å². The minimum atomic E-state index is -0.991. The second-order valence-corrected chi connectivity index (χ2v) is 7.81. The molecule has 0 fully saturated rings. The summed E-state index contributed by atoms with van der Waals surface area (Å²) in [6.45, 7) is 2.10. The molecule has 0 spiro atoms. The van der Waals surface area contributed by atoms with Gasteiger partial charge in [0.05, 0.1) is 11.1 Å². The number of carboxylic acids is 1. The standard InChI is InChI=1S/C12H14N2O4S3/c1-2-21(18)6-4-14-11(17)8-3-5-19-10(8)13-12(14)20-7-9(15)16/h3,5H,2,4,6-7H2,1H3,(H,15,16). The van der Waals surface area contributed by atoms with E-state index in [2.05, 4.69) is 4.98 Å². The third kappa shape index (κ3) is 3.92. The number of fused-ring (bicyclic) bond motifs is 1. The molecule has 6 nitrogen and oxygen atoms in total. The fourth-order valence-corrected chi connectivity index (χ4v) is 3.93. The summed E-state index contributed by atoms with van der Waals surface area (Å²) >= 11 is 2.35. The van der Waals surface area contributed by atoms with Gasteiger partial charge in [0.25, 0.3) is 5.56 Å². The normalized spacial score (nSPS) is 12.6. The molecule has 1 N–H and O–H groups in total. The highest BCUT2D eigenvalue weighted by molar-refractivity contribution is 7.99. The van der Waals surface area contributed by atoms with Crippen LogP contribution in [-0.2, 0) is 22.1 Å². The number of hydrogen-bond acceptors (Lipinski definition) is 6. The highest BCUT2D eigenvalue weighted by Crippen LogP contribution is 2.21. The number of aliphatic carboxylic acids is 1. The number of thioether (sulfide) groups is 1. The van der Waals surface area contributed by atoms with Gasteiger partial charge in [-0.25, -0.2) is 4.98 Å². The Morgan fingerprint density at radius 3 is 3.00 bits per heavy atom. The molecule has 21 heavy (non-hydrogen) atoms. The highest BCUT2D eigenvalue weighted by Gasteiger charge is 2.14. The van der Waals surface area contributed by atoms with Crippen molar-refractivity contribution in [2.75, 3.05) is 17.3 Å². The summed E-state index contributed by atoms with van der Waals surface area (Å²) < 4.78 is 13.0. The Balaban J connectivity index is 2.39. The molecule has 0 aromatic carbocycles. The first kappa shape index (κ1) is 16.2. The molecule has 0 saturated carbocycles. The van der Waals surface area contributed by atoms with Crippen LogP contribution in [-0.4, -0.2) is 42.1 Å². The number of nitrogens with zero attached hydrogens (tertiary/aromatic N) is 2. The summed E-state index contributed by atoms with van der Waals surface area (Å²) in [6, 6.07) is 1.70. The van der Waals surface area contributed by atoms with E-state index in [1.165, 1.54) is 15.9 Å². The van der Waals surface area contributed by atoms with Crippen LogP contribution in [0, 0.1) is 0 Å². The Hall–Kier alpha value is -1.19. The van der Waals surface area contributed by atoms with Crippen molar-refractivity contribution in [2.45, 2.75) is 18.6 Å². The quantitative estimate of drug-likeness (QED) is 0.602. The first-order valence-electron chi connectivity index (χ1n) is 6.20. The van der Waals surface area contributed by atoms with E-state index in [-0.39, 0.29) is 17.9 Å². The maximum atomic E-state index is 12.4. The monoisotopic (exact) mass is 346 g/mol. The van der Waals surface area contributed by atoms with Crippen molar-refractivity contribution >= 4 is 50.1 Å². The second kappa shape index (κ2) is 7.19. The summed E-state index contributed by atoms with van der Waals surface area (Å²) in [5, 5.41) is 11.4. The number of thiophene rings is 1. The lowest BCUT2D eigenvalue weighted by Crippen LogP contribution is -2.25. The predicted octanol–water partition coefficient (Wildman–Crippen LogP) is 1.40. The smallest absolute Gasteiger partial charge is 0.313 e. The van der Waals surface area contributed by atoms with Crippen LogP contribution in [0.3, 0.4) is 0 Å². The molecule has 114 valence electrons. The number of hydrogen-bond donors (Lipinski definition) is 1. The zero-order valence-electron chi connectivity index (χ0n) is 11.3. The molecule has 2 aromatic heterocycles. The maximum absolute atomic E-state index is 12.4. The van der Waals surface area contributed by atoms with Crippen molar-refractivity contribution in [3.8, 4) is 0 Å². The van der Waals surface area contributed by atoms with Crippen LogP contribution in [0.1, 0.15) is 6.92 Å². The van der Waals surface area contributed by atoms with Crippen LogP contribution in [0.25, 0.3) is 10.2 Å². The van der Waals surface area contributed by atoms with Crippen molar-refractivity contribution in [3.05, 3.63) is 21.8 Å². The van der Waals surface area contributed by atoms with Crippen LogP contribution in [0.5, 0.6) is 0 Å². The second-order valence-electron chi connectivity index (χ2n) is 4.11. The van der Waals surface area contributed by atoms with E-state index in [4.69, 9.17) is 5.11 Å². The number of carboxylic acid groups (broad SMARTS) is 1. The highest BCUT2D eigenvalue weighted by atomic mass is 32.2. The van der Waals surface area contributed by atoms with Crippen molar-refractivity contribution < 1.29 is 14.1 Å². The largest absolute Gasteiger partial charge is 0.481 e. The minimum absolute atomic E-state index is 0.166. The number of rotatable bonds is 7. The summed E-state index contributed by atoms with van der Waals surface area (Å²) in [4.78, 5) is 28.1. The molecule has 2 aromatic rings. The van der Waals surface area contributed by atoms with Crippen molar-refractivity contribution in [3.63, 3.8) is 0 Å². The molecular formula is C12H14N2O4S3. The van der Waals surface area contributed by atoms with Gasteiger partial charge in [-0.3, -0.25) is 18.4 Å². The summed E-state index contributed by atoms with van der Waals surface area (Å²) in [6.07, 6.45) is 0. The Bertz CT molecular complexity index is 738. The van der Waals surface area contributed by atoms with Crippen LogP contribution >= 0.6 is 23.1 Å². The third-order valence-corrected chi connectivity index (χ3v) is 5.79. The lowest BCUT2D eigenvalue weighted by Gasteiger charge is -2.10. The molecule has 2 heterocycles. The lowest BCUT2D eigenvalue weighted by atomic mass is 10.4. The molecule has 0 aliphatic carbocycles. The predicted molar refractivity (Wildman–Crippen MR) is 85.8 cm³/mol. The van der Waals surface area contributed by atoms with E-state index >= 15 is 0 Å². The average molecular weight is 346 g/mol. The van der Waals surface area contributed by atoms with Gasteiger partial charge in [-0.1, -0.05) is 18.7 Å². The van der Waals surface area contributed by atoms with Gasteiger partial charge >= 0.3 is 5.97 Å². The molecule has 0 saturated heterocycles. The van der Waals surface area contributed by atoms with E-state index in [0.717, 1.165) is 11.8 Å². The Labute approximate surface area is 131 Å².